The number of hydrogen-bond acceptors (Lipinski definition) is 2. The molecule has 0 unspecified atom stereocenters. The van der Waals surface area contributed by atoms with Gasteiger partial charge in [0.05, 0.1) is 0 Å². The van der Waals surface area contributed by atoms with Crippen molar-refractivity contribution in [1.29, 1.82) is 0 Å². The van der Waals surface area contributed by atoms with Gasteiger partial charge in [0.2, 0.25) is 0 Å². The van der Waals surface area contributed by atoms with Crippen molar-refractivity contribution < 1.29 is 9.47 Å². The monoisotopic (exact) mass is 132 g/mol. The lowest BCUT2D eigenvalue weighted by molar-refractivity contribution is -0.0537. The average Bonchev–Trinajstić information content (AvgIpc) is 1.89. The van der Waals surface area contributed by atoms with Gasteiger partial charge in [-0.1, -0.05) is 13.3 Å². The summed E-state index contributed by atoms with van der Waals surface area (Å²) in [6.45, 7) is 3.11. The Morgan fingerprint density at radius 2 is 2.11 bits per heavy atom. The van der Waals surface area contributed by atoms with E-state index in [1.807, 2.05) is 0 Å². The van der Waals surface area contributed by atoms with E-state index < -0.39 is 0 Å². The van der Waals surface area contributed by atoms with Crippen LogP contribution in [-0.2, 0) is 9.47 Å². The topological polar surface area (TPSA) is 42.3 Å². The van der Waals surface area contributed by atoms with Crippen LogP contribution in [0.3, 0.4) is 0 Å². The van der Waals surface area contributed by atoms with E-state index in [4.69, 9.17) is 10.5 Å². The molecule has 0 rings (SSSR count). The van der Waals surface area contributed by atoms with Crippen LogP contribution < -0.4 is 5.73 Å². The molecule has 9 heavy (non-hydrogen) atoms. The predicted octanol–water partition coefficient (Wildman–Crippen LogP) is 1.02. The lowest BCUT2D eigenvalue weighted by atomic mass is 10.4. The fourth-order valence-corrected chi connectivity index (χ4v) is 0.406. The second kappa shape index (κ2) is 7.88. The van der Waals surface area contributed by atoms with Crippen LogP contribution in [0.2, 0.25) is 0 Å². The summed E-state index contributed by atoms with van der Waals surface area (Å²) >= 11 is 0. The molecule has 0 aromatic carbocycles. The molecule has 0 saturated carbocycles. The molecule has 0 bridgehead atoms. The molecule has 0 aromatic heterocycles. The van der Waals surface area contributed by atoms with Crippen LogP contribution in [0.4, 0.5) is 0 Å². The van der Waals surface area contributed by atoms with Gasteiger partial charge in [0.1, 0.15) is 13.5 Å². The zero-order valence-corrected chi connectivity index (χ0v) is 5.85. The number of ether oxygens (including phenoxy) is 2. The molecule has 1 radical (unpaired) electrons. The van der Waals surface area contributed by atoms with Crippen molar-refractivity contribution in [3.8, 4) is 0 Å². The standard InChI is InChI=1S/C6H14NO2/c1-2-3-4-8-6-9-5-7/h7H,2-6H2,1H3. The molecule has 0 aromatic rings. The first-order chi connectivity index (χ1) is 4.41. The van der Waals surface area contributed by atoms with E-state index in [2.05, 4.69) is 11.7 Å². The second-order valence-electron chi connectivity index (χ2n) is 1.73. The fraction of sp³-hybridized carbons (Fsp3) is 1.00. The smallest absolute Gasteiger partial charge is 0.148 e. The number of nitrogens with one attached hydrogen (secondary N) is 1. The molecule has 0 heterocycles. The Morgan fingerprint density at radius 1 is 1.33 bits per heavy atom. The highest BCUT2D eigenvalue weighted by atomic mass is 16.7. The molecule has 1 N–H and O–H groups in total. The van der Waals surface area contributed by atoms with Crippen molar-refractivity contribution in [2.75, 3.05) is 20.1 Å². The average molecular weight is 132 g/mol. The van der Waals surface area contributed by atoms with Crippen molar-refractivity contribution in [2.45, 2.75) is 19.8 Å². The number of unbranched alkanes of at least 4 members (excludes halogenated alkanes) is 1. The lowest BCUT2D eigenvalue weighted by Crippen LogP contribution is -2.02. The van der Waals surface area contributed by atoms with Crippen molar-refractivity contribution >= 4 is 0 Å². The lowest BCUT2D eigenvalue weighted by Gasteiger charge is -2.00. The quantitative estimate of drug-likeness (QED) is 0.400. The van der Waals surface area contributed by atoms with Crippen molar-refractivity contribution in [2.24, 2.45) is 0 Å². The zero-order valence-electron chi connectivity index (χ0n) is 5.85. The Morgan fingerprint density at radius 3 is 2.67 bits per heavy atom. The Labute approximate surface area is 56.1 Å². The molecule has 0 atom stereocenters. The van der Waals surface area contributed by atoms with Crippen LogP contribution in [0.1, 0.15) is 19.8 Å². The molecule has 0 aliphatic carbocycles. The minimum absolute atomic E-state index is 0.00781. The van der Waals surface area contributed by atoms with Crippen LogP contribution >= 0.6 is 0 Å². The third-order valence-corrected chi connectivity index (χ3v) is 0.911. The molecule has 0 aliphatic rings. The van der Waals surface area contributed by atoms with E-state index in [0.29, 0.717) is 0 Å². The third kappa shape index (κ3) is 7.88. The maximum Gasteiger partial charge on any atom is 0.148 e. The molecular formula is C6H14NO2. The van der Waals surface area contributed by atoms with Crippen molar-refractivity contribution in [3.05, 3.63) is 0 Å². The van der Waals surface area contributed by atoms with Gasteiger partial charge in [-0.15, -0.1) is 0 Å². The minimum Gasteiger partial charge on any atom is -0.355 e. The molecule has 3 heteroatoms. The molecule has 0 spiro atoms. The highest BCUT2D eigenvalue weighted by Crippen LogP contribution is 1.86. The normalized spacial score (nSPS) is 10.0. The number of hydrogen-bond donors (Lipinski definition) is 0. The molecule has 0 amide bonds. The molecule has 0 aliphatic heterocycles. The molecule has 0 fully saturated rings. The van der Waals surface area contributed by atoms with Crippen molar-refractivity contribution in [1.82, 2.24) is 5.73 Å². The first-order valence-electron chi connectivity index (χ1n) is 3.22. The maximum atomic E-state index is 6.58. The van der Waals surface area contributed by atoms with Crippen molar-refractivity contribution in [3.63, 3.8) is 0 Å². The Balaban J connectivity index is 2.60. The van der Waals surface area contributed by atoms with Gasteiger partial charge in [-0.25, -0.2) is 5.73 Å². The number of rotatable bonds is 6. The minimum atomic E-state index is -0.00781. The van der Waals surface area contributed by atoms with Gasteiger partial charge >= 0.3 is 0 Å². The molecule has 3 nitrogen and oxygen atoms in total. The summed E-state index contributed by atoms with van der Waals surface area (Å²) in [5.41, 5.74) is 6.58. The first kappa shape index (κ1) is 8.88. The summed E-state index contributed by atoms with van der Waals surface area (Å²) in [5, 5.41) is 0. The first-order valence-corrected chi connectivity index (χ1v) is 3.22. The van der Waals surface area contributed by atoms with E-state index in [0.717, 1.165) is 19.4 Å². The van der Waals surface area contributed by atoms with E-state index >= 15 is 0 Å². The van der Waals surface area contributed by atoms with Gasteiger partial charge in [0.25, 0.3) is 0 Å². The Hall–Kier alpha value is -0.120. The summed E-state index contributed by atoms with van der Waals surface area (Å²) in [4.78, 5) is 0. The van der Waals surface area contributed by atoms with E-state index in [1.165, 1.54) is 0 Å². The zero-order chi connectivity index (χ0) is 6.95. The SMILES string of the molecule is CCCCOCOC[NH]. The van der Waals surface area contributed by atoms with E-state index in [9.17, 15) is 0 Å². The van der Waals surface area contributed by atoms with Crippen LogP contribution in [0.5, 0.6) is 0 Å². The van der Waals surface area contributed by atoms with Crippen LogP contribution in [0.15, 0.2) is 0 Å². The van der Waals surface area contributed by atoms with Crippen LogP contribution in [0, 0.1) is 0 Å². The fourth-order valence-electron chi connectivity index (χ4n) is 0.406. The van der Waals surface area contributed by atoms with E-state index in [1.54, 1.807) is 0 Å². The highest BCUT2D eigenvalue weighted by molar-refractivity contribution is 4.27. The van der Waals surface area contributed by atoms with Crippen LogP contribution in [-0.4, -0.2) is 20.1 Å². The molecule has 0 saturated heterocycles. The maximum absolute atomic E-state index is 6.58. The summed E-state index contributed by atoms with van der Waals surface area (Å²) in [7, 11) is 0. The van der Waals surface area contributed by atoms with Gasteiger partial charge in [0.15, 0.2) is 0 Å². The predicted molar refractivity (Wildman–Crippen MR) is 34.8 cm³/mol. The van der Waals surface area contributed by atoms with Gasteiger partial charge in [-0.2, -0.15) is 0 Å². The largest absolute Gasteiger partial charge is 0.355 e. The summed E-state index contributed by atoms with van der Waals surface area (Å²) in [6, 6.07) is 0. The second-order valence-corrected chi connectivity index (χ2v) is 1.73. The summed E-state index contributed by atoms with van der Waals surface area (Å²) in [5.74, 6) is 0. The van der Waals surface area contributed by atoms with Gasteiger partial charge < -0.3 is 9.47 Å². The van der Waals surface area contributed by atoms with Gasteiger partial charge in [-0.3, -0.25) is 0 Å². The molecule has 55 valence electrons. The molecular weight excluding hydrogens is 118 g/mol. The third-order valence-electron chi connectivity index (χ3n) is 0.911. The summed E-state index contributed by atoms with van der Waals surface area (Å²) in [6.07, 6.45) is 2.21. The van der Waals surface area contributed by atoms with Gasteiger partial charge in [0, 0.05) is 6.61 Å². The Bertz CT molecular complexity index is 44.3. The Kier molecular flexibility index (Phi) is 7.77. The summed E-state index contributed by atoms with van der Waals surface area (Å²) < 4.78 is 9.60. The highest BCUT2D eigenvalue weighted by Gasteiger charge is 1.83. The van der Waals surface area contributed by atoms with E-state index in [-0.39, 0.29) is 13.5 Å². The van der Waals surface area contributed by atoms with Gasteiger partial charge in [-0.05, 0) is 6.42 Å². The van der Waals surface area contributed by atoms with Crippen LogP contribution in [0.25, 0.3) is 0 Å².